The third-order valence-electron chi connectivity index (χ3n) is 4.11. The number of rotatable bonds is 3. The lowest BCUT2D eigenvalue weighted by Gasteiger charge is -2.18. The van der Waals surface area contributed by atoms with Crippen molar-refractivity contribution in [1.82, 2.24) is 0 Å². The predicted molar refractivity (Wildman–Crippen MR) is 90.1 cm³/mol. The van der Waals surface area contributed by atoms with Crippen LogP contribution in [0.15, 0.2) is 24.3 Å². The van der Waals surface area contributed by atoms with Crippen molar-refractivity contribution in [2.24, 2.45) is 11.7 Å². The van der Waals surface area contributed by atoms with Crippen LogP contribution in [0, 0.1) is 5.92 Å². The van der Waals surface area contributed by atoms with Crippen LogP contribution in [0.2, 0.25) is 0 Å². The van der Waals surface area contributed by atoms with Crippen molar-refractivity contribution in [3.05, 3.63) is 45.8 Å². The van der Waals surface area contributed by atoms with Gasteiger partial charge in [0.05, 0.1) is 5.56 Å². The Hall–Kier alpha value is -2.34. The smallest absolute Gasteiger partial charge is 0.256 e. The molecule has 1 aliphatic rings. The zero-order valence-corrected chi connectivity index (χ0v) is 13.6. The number of fused-ring (bicyclic) bond motifs is 1. The number of carbonyl (C=O) groups is 2. The summed E-state index contributed by atoms with van der Waals surface area (Å²) in [5, 5.41) is 12.6. The number of primary amides is 1. The molecule has 4 N–H and O–H groups in total. The van der Waals surface area contributed by atoms with E-state index in [1.807, 2.05) is 0 Å². The molecule has 1 aromatic carbocycles. The molecule has 0 saturated heterocycles. The van der Waals surface area contributed by atoms with E-state index in [1.54, 1.807) is 0 Å². The Kier molecular flexibility index (Phi) is 4.09. The van der Waals surface area contributed by atoms with E-state index in [-0.39, 0.29) is 11.7 Å². The molecule has 23 heavy (non-hydrogen) atoms. The van der Waals surface area contributed by atoms with Gasteiger partial charge in [0.1, 0.15) is 10.8 Å². The van der Waals surface area contributed by atoms with Crippen LogP contribution in [0.4, 0.5) is 5.00 Å². The van der Waals surface area contributed by atoms with Gasteiger partial charge in [0.25, 0.3) is 11.8 Å². The number of phenols is 1. The quantitative estimate of drug-likeness (QED) is 0.808. The summed E-state index contributed by atoms with van der Waals surface area (Å²) in [7, 11) is 0. The molecule has 0 aliphatic heterocycles. The van der Waals surface area contributed by atoms with E-state index in [9.17, 15) is 14.7 Å². The van der Waals surface area contributed by atoms with E-state index >= 15 is 0 Å². The molecule has 1 aliphatic carbocycles. The molecule has 1 unspecified atom stereocenters. The van der Waals surface area contributed by atoms with Crippen molar-refractivity contribution in [3.63, 3.8) is 0 Å². The van der Waals surface area contributed by atoms with Crippen molar-refractivity contribution >= 4 is 28.2 Å². The van der Waals surface area contributed by atoms with Crippen LogP contribution >= 0.6 is 11.3 Å². The lowest BCUT2D eigenvalue weighted by molar-refractivity contribution is 0.1000. The number of nitrogens with two attached hydrogens (primary N) is 1. The Labute approximate surface area is 138 Å². The SMILES string of the molecule is CC1CCc2c(sc(NC(=O)c3ccc(O)cc3)c2C(N)=O)C1. The Morgan fingerprint density at radius 3 is 2.65 bits per heavy atom. The molecule has 3 rings (SSSR count). The molecule has 1 aromatic heterocycles. The van der Waals surface area contributed by atoms with Crippen molar-refractivity contribution in [2.75, 3.05) is 5.32 Å². The number of benzene rings is 1. The molecule has 0 bridgehead atoms. The molecule has 2 aromatic rings. The van der Waals surface area contributed by atoms with Gasteiger partial charge in [-0.15, -0.1) is 11.3 Å². The Morgan fingerprint density at radius 1 is 1.30 bits per heavy atom. The molecule has 0 saturated carbocycles. The summed E-state index contributed by atoms with van der Waals surface area (Å²) >= 11 is 1.44. The topological polar surface area (TPSA) is 92.4 Å². The number of hydrogen-bond acceptors (Lipinski definition) is 4. The van der Waals surface area contributed by atoms with Crippen LogP contribution in [0.5, 0.6) is 5.75 Å². The molecule has 1 atom stereocenters. The van der Waals surface area contributed by atoms with Gasteiger partial charge >= 0.3 is 0 Å². The molecular formula is C17H18N2O3S. The fourth-order valence-corrected chi connectivity index (χ4v) is 4.30. The number of anilines is 1. The molecule has 0 spiro atoms. The summed E-state index contributed by atoms with van der Waals surface area (Å²) in [5.41, 5.74) is 7.39. The number of aromatic hydroxyl groups is 1. The molecule has 1 heterocycles. The molecule has 0 radical (unpaired) electrons. The summed E-state index contributed by atoms with van der Waals surface area (Å²) in [6, 6.07) is 5.96. The van der Waals surface area contributed by atoms with Gasteiger partial charge in [-0.2, -0.15) is 0 Å². The zero-order valence-electron chi connectivity index (χ0n) is 12.8. The molecular weight excluding hydrogens is 312 g/mol. The van der Waals surface area contributed by atoms with E-state index in [0.717, 1.165) is 29.7 Å². The standard InChI is InChI=1S/C17H18N2O3S/c1-9-2-7-12-13(8-9)23-17(14(12)15(18)21)19-16(22)10-3-5-11(20)6-4-10/h3-6,9,20H,2,7-8H2,1H3,(H2,18,21)(H,19,22). The van der Waals surface area contributed by atoms with Gasteiger partial charge in [-0.1, -0.05) is 6.92 Å². The Balaban J connectivity index is 1.92. The van der Waals surface area contributed by atoms with Crippen LogP contribution in [0.3, 0.4) is 0 Å². The average Bonchev–Trinajstić information content (AvgIpc) is 2.84. The molecule has 120 valence electrons. The maximum Gasteiger partial charge on any atom is 0.256 e. The Morgan fingerprint density at radius 2 is 2.00 bits per heavy atom. The van der Waals surface area contributed by atoms with E-state index < -0.39 is 5.91 Å². The van der Waals surface area contributed by atoms with Crippen LogP contribution in [-0.4, -0.2) is 16.9 Å². The van der Waals surface area contributed by atoms with Crippen LogP contribution < -0.4 is 11.1 Å². The van der Waals surface area contributed by atoms with E-state index in [1.165, 1.54) is 35.6 Å². The summed E-state index contributed by atoms with van der Waals surface area (Å²) < 4.78 is 0. The van der Waals surface area contributed by atoms with Gasteiger partial charge in [-0.3, -0.25) is 9.59 Å². The monoisotopic (exact) mass is 330 g/mol. The minimum Gasteiger partial charge on any atom is -0.508 e. The summed E-state index contributed by atoms with van der Waals surface area (Å²) in [4.78, 5) is 25.3. The van der Waals surface area contributed by atoms with Crippen LogP contribution in [0.1, 0.15) is 44.5 Å². The normalized spacial score (nSPS) is 16.7. The van der Waals surface area contributed by atoms with Gasteiger partial charge in [0.15, 0.2) is 0 Å². The molecule has 5 nitrogen and oxygen atoms in total. The lowest BCUT2D eigenvalue weighted by Crippen LogP contribution is -2.19. The first-order valence-corrected chi connectivity index (χ1v) is 8.32. The number of carbonyl (C=O) groups excluding carboxylic acids is 2. The second-order valence-corrected chi connectivity index (χ2v) is 7.03. The number of nitrogens with one attached hydrogen (secondary N) is 1. The van der Waals surface area contributed by atoms with Crippen molar-refractivity contribution in [2.45, 2.75) is 26.2 Å². The Bertz CT molecular complexity index is 765. The summed E-state index contributed by atoms with van der Waals surface area (Å²) in [5.74, 6) is -0.153. The second-order valence-electron chi connectivity index (χ2n) is 5.92. The van der Waals surface area contributed by atoms with Crippen LogP contribution in [0.25, 0.3) is 0 Å². The maximum atomic E-state index is 12.3. The lowest BCUT2D eigenvalue weighted by atomic mass is 9.88. The van der Waals surface area contributed by atoms with Gasteiger partial charge in [0, 0.05) is 10.4 Å². The van der Waals surface area contributed by atoms with Gasteiger partial charge in [-0.05, 0) is 55.0 Å². The van der Waals surface area contributed by atoms with Crippen molar-refractivity contribution in [1.29, 1.82) is 0 Å². The highest BCUT2D eigenvalue weighted by Gasteiger charge is 2.27. The minimum absolute atomic E-state index is 0.0972. The number of hydrogen-bond donors (Lipinski definition) is 3. The van der Waals surface area contributed by atoms with Gasteiger partial charge < -0.3 is 16.2 Å². The van der Waals surface area contributed by atoms with Crippen LogP contribution in [-0.2, 0) is 12.8 Å². The first kappa shape index (κ1) is 15.6. The highest BCUT2D eigenvalue weighted by molar-refractivity contribution is 7.17. The van der Waals surface area contributed by atoms with Gasteiger partial charge in [0.2, 0.25) is 0 Å². The molecule has 6 heteroatoms. The fraction of sp³-hybridized carbons (Fsp3) is 0.294. The maximum absolute atomic E-state index is 12.3. The molecule has 0 fully saturated rings. The number of amides is 2. The minimum atomic E-state index is -0.502. The van der Waals surface area contributed by atoms with E-state index in [0.29, 0.717) is 22.0 Å². The summed E-state index contributed by atoms with van der Waals surface area (Å²) in [6.45, 7) is 2.18. The third-order valence-corrected chi connectivity index (χ3v) is 5.28. The highest BCUT2D eigenvalue weighted by Crippen LogP contribution is 2.39. The third kappa shape index (κ3) is 3.07. The summed E-state index contributed by atoms with van der Waals surface area (Å²) in [6.07, 6.45) is 2.76. The predicted octanol–water partition coefficient (Wildman–Crippen LogP) is 2.93. The largest absolute Gasteiger partial charge is 0.508 e. The van der Waals surface area contributed by atoms with Crippen molar-refractivity contribution in [3.8, 4) is 5.75 Å². The average molecular weight is 330 g/mol. The zero-order chi connectivity index (χ0) is 16.6. The fourth-order valence-electron chi connectivity index (χ4n) is 2.89. The van der Waals surface area contributed by atoms with Gasteiger partial charge in [-0.25, -0.2) is 0 Å². The van der Waals surface area contributed by atoms with E-state index in [4.69, 9.17) is 5.73 Å². The highest BCUT2D eigenvalue weighted by atomic mass is 32.1. The first-order chi connectivity index (χ1) is 11.0. The number of phenolic OH excluding ortho intramolecular Hbond substituents is 1. The first-order valence-electron chi connectivity index (χ1n) is 7.50. The second kappa shape index (κ2) is 6.04. The van der Waals surface area contributed by atoms with E-state index in [2.05, 4.69) is 12.2 Å². The van der Waals surface area contributed by atoms with Crippen molar-refractivity contribution < 1.29 is 14.7 Å². The number of thiophene rings is 1. The molecule has 2 amide bonds.